The first-order chi connectivity index (χ1) is 13.9. The van der Waals surface area contributed by atoms with Crippen molar-refractivity contribution in [3.63, 3.8) is 0 Å². The van der Waals surface area contributed by atoms with Crippen molar-refractivity contribution in [2.24, 2.45) is 11.3 Å². The van der Waals surface area contributed by atoms with Crippen LogP contribution in [-0.2, 0) is 4.79 Å². The van der Waals surface area contributed by atoms with E-state index in [1.165, 1.54) is 12.1 Å². The van der Waals surface area contributed by atoms with Crippen molar-refractivity contribution in [1.29, 1.82) is 0 Å². The molecular weight excluding hydrogens is 369 g/mol. The van der Waals surface area contributed by atoms with Gasteiger partial charge in [0.05, 0.1) is 11.1 Å². The first-order valence-corrected chi connectivity index (χ1v) is 9.85. The number of halogens is 1. The number of benzene rings is 1. The predicted octanol–water partition coefficient (Wildman–Crippen LogP) is 4.01. The van der Waals surface area contributed by atoms with Gasteiger partial charge in [-0.1, -0.05) is 13.0 Å². The number of nitrogens with one attached hydrogen (secondary N) is 2. The molecule has 148 valence electrons. The lowest BCUT2D eigenvalue weighted by Gasteiger charge is -2.72. The summed E-state index contributed by atoms with van der Waals surface area (Å²) in [6.45, 7) is 1.94. The Kier molecular flexibility index (Phi) is 3.81. The van der Waals surface area contributed by atoms with E-state index in [4.69, 9.17) is 0 Å². The Bertz CT molecular complexity index is 1100. The van der Waals surface area contributed by atoms with E-state index in [-0.39, 0.29) is 34.5 Å². The second-order valence-electron chi connectivity index (χ2n) is 8.57. The standard InChI is InChI=1S/C23H22FN3O2/c1-15(20(28)25-17-7-5-16(24)6-8-17)22-12-23(13-22,14-22)26-21(29)18-9-11-27-10-3-2-4-19(18)27/h2-11,15H,12-14H2,1H3,(H,25,28)(H,26,29). The lowest BCUT2D eigenvalue weighted by molar-refractivity contribution is -0.184. The fourth-order valence-electron chi connectivity index (χ4n) is 5.07. The summed E-state index contributed by atoms with van der Waals surface area (Å²) in [5.74, 6) is -0.615. The number of fused-ring (bicyclic) bond motifs is 1. The monoisotopic (exact) mass is 391 g/mol. The second kappa shape index (κ2) is 6.17. The molecule has 1 unspecified atom stereocenters. The number of hydrogen-bond acceptors (Lipinski definition) is 2. The first-order valence-electron chi connectivity index (χ1n) is 9.85. The van der Waals surface area contributed by atoms with Gasteiger partial charge in [-0.2, -0.15) is 0 Å². The van der Waals surface area contributed by atoms with Crippen LogP contribution in [-0.4, -0.2) is 21.8 Å². The molecule has 1 atom stereocenters. The van der Waals surface area contributed by atoms with Crippen LogP contribution >= 0.6 is 0 Å². The Morgan fingerprint density at radius 1 is 1.03 bits per heavy atom. The van der Waals surface area contributed by atoms with E-state index in [9.17, 15) is 14.0 Å². The van der Waals surface area contributed by atoms with E-state index < -0.39 is 0 Å². The Balaban J connectivity index is 1.21. The fourth-order valence-corrected chi connectivity index (χ4v) is 5.07. The number of carbonyl (C=O) groups excluding carboxylic acids is 2. The first kappa shape index (κ1) is 17.9. The summed E-state index contributed by atoms with van der Waals surface area (Å²) in [5.41, 5.74) is 1.91. The van der Waals surface area contributed by atoms with Gasteiger partial charge in [0.15, 0.2) is 0 Å². The minimum Gasteiger partial charge on any atom is -0.346 e. The van der Waals surface area contributed by atoms with Crippen LogP contribution in [0.1, 0.15) is 36.5 Å². The van der Waals surface area contributed by atoms with Crippen LogP contribution in [0.25, 0.3) is 5.52 Å². The summed E-state index contributed by atoms with van der Waals surface area (Å²) < 4.78 is 15.0. The van der Waals surface area contributed by atoms with Crippen LogP contribution in [0.3, 0.4) is 0 Å². The molecule has 0 spiro atoms. The van der Waals surface area contributed by atoms with E-state index in [1.54, 1.807) is 12.1 Å². The van der Waals surface area contributed by atoms with Gasteiger partial charge in [-0.05, 0) is 67.1 Å². The lowest BCUT2D eigenvalue weighted by atomic mass is 9.36. The number of nitrogens with zero attached hydrogens (tertiary/aromatic N) is 1. The molecule has 1 aromatic carbocycles. The maximum Gasteiger partial charge on any atom is 0.253 e. The number of rotatable bonds is 5. The number of hydrogen-bond donors (Lipinski definition) is 2. The van der Waals surface area contributed by atoms with Crippen LogP contribution in [0.2, 0.25) is 0 Å². The number of aromatic nitrogens is 1. The average Bonchev–Trinajstić information content (AvgIpc) is 3.09. The Hall–Kier alpha value is -3.15. The van der Waals surface area contributed by atoms with E-state index >= 15 is 0 Å². The van der Waals surface area contributed by atoms with Crippen molar-refractivity contribution in [3.05, 3.63) is 72.3 Å². The highest BCUT2D eigenvalue weighted by Gasteiger charge is 2.71. The second-order valence-corrected chi connectivity index (χ2v) is 8.57. The molecular formula is C23H22FN3O2. The zero-order chi connectivity index (χ0) is 20.2. The number of anilines is 1. The molecule has 2 N–H and O–H groups in total. The van der Waals surface area contributed by atoms with Crippen molar-refractivity contribution >= 4 is 23.0 Å². The quantitative estimate of drug-likeness (QED) is 0.690. The summed E-state index contributed by atoms with van der Waals surface area (Å²) >= 11 is 0. The highest BCUT2D eigenvalue weighted by atomic mass is 19.1. The van der Waals surface area contributed by atoms with Gasteiger partial charge in [0.1, 0.15) is 5.82 Å². The predicted molar refractivity (Wildman–Crippen MR) is 108 cm³/mol. The van der Waals surface area contributed by atoms with Gasteiger partial charge in [-0.3, -0.25) is 9.59 Å². The van der Waals surface area contributed by atoms with Gasteiger partial charge in [0.2, 0.25) is 5.91 Å². The van der Waals surface area contributed by atoms with Crippen LogP contribution in [0, 0.1) is 17.2 Å². The van der Waals surface area contributed by atoms with Gasteiger partial charge in [0, 0.05) is 29.5 Å². The molecule has 3 aliphatic carbocycles. The van der Waals surface area contributed by atoms with Crippen LogP contribution in [0.5, 0.6) is 0 Å². The average molecular weight is 391 g/mol. The molecule has 29 heavy (non-hydrogen) atoms. The molecule has 6 rings (SSSR count). The van der Waals surface area contributed by atoms with Gasteiger partial charge in [-0.25, -0.2) is 4.39 Å². The molecule has 0 radical (unpaired) electrons. The Labute approximate surface area is 167 Å². The smallest absolute Gasteiger partial charge is 0.253 e. The van der Waals surface area contributed by atoms with Crippen molar-refractivity contribution < 1.29 is 14.0 Å². The third kappa shape index (κ3) is 2.82. The summed E-state index contributed by atoms with van der Waals surface area (Å²) in [7, 11) is 0. The SMILES string of the molecule is CC(C(=O)Nc1ccc(F)cc1)C12CC(NC(=O)c3ccn4ccccc34)(C1)C2. The fraction of sp³-hybridized carbons (Fsp3) is 0.304. The summed E-state index contributed by atoms with van der Waals surface area (Å²) in [6.07, 6.45) is 6.25. The van der Waals surface area contributed by atoms with Crippen LogP contribution < -0.4 is 10.6 Å². The summed E-state index contributed by atoms with van der Waals surface area (Å²) in [6, 6.07) is 13.4. The maximum atomic E-state index is 13.0. The molecule has 6 heteroatoms. The van der Waals surface area contributed by atoms with Gasteiger partial charge < -0.3 is 15.0 Å². The van der Waals surface area contributed by atoms with E-state index in [2.05, 4.69) is 10.6 Å². The molecule has 3 aromatic rings. The van der Waals surface area contributed by atoms with E-state index in [0.29, 0.717) is 11.3 Å². The van der Waals surface area contributed by atoms with Crippen LogP contribution in [0.15, 0.2) is 60.9 Å². The Morgan fingerprint density at radius 2 is 1.76 bits per heavy atom. The highest BCUT2D eigenvalue weighted by molar-refractivity contribution is 6.02. The molecule has 5 nitrogen and oxygen atoms in total. The minimum atomic E-state index is -0.329. The molecule has 3 saturated carbocycles. The van der Waals surface area contributed by atoms with Gasteiger partial charge in [0.25, 0.3) is 5.91 Å². The third-order valence-corrected chi connectivity index (χ3v) is 6.69. The molecule has 2 bridgehead atoms. The molecule has 2 heterocycles. The van der Waals surface area contributed by atoms with Crippen molar-refractivity contribution in [2.75, 3.05) is 5.32 Å². The molecule has 0 saturated heterocycles. The molecule has 0 aliphatic heterocycles. The Morgan fingerprint density at radius 3 is 2.48 bits per heavy atom. The van der Waals surface area contributed by atoms with Gasteiger partial charge >= 0.3 is 0 Å². The van der Waals surface area contributed by atoms with Crippen molar-refractivity contribution in [3.8, 4) is 0 Å². The van der Waals surface area contributed by atoms with Crippen LogP contribution in [0.4, 0.5) is 10.1 Å². The largest absolute Gasteiger partial charge is 0.346 e. The van der Waals surface area contributed by atoms with Gasteiger partial charge in [-0.15, -0.1) is 0 Å². The van der Waals surface area contributed by atoms with E-state index in [0.717, 1.165) is 24.8 Å². The normalized spacial score (nSPS) is 25.6. The molecule has 2 aromatic heterocycles. The molecule has 3 aliphatic rings. The minimum absolute atomic E-state index is 0.0553. The zero-order valence-electron chi connectivity index (χ0n) is 16.1. The molecule has 3 fully saturated rings. The third-order valence-electron chi connectivity index (χ3n) is 6.69. The van der Waals surface area contributed by atoms with E-state index in [1.807, 2.05) is 48.0 Å². The topological polar surface area (TPSA) is 62.6 Å². The highest BCUT2D eigenvalue weighted by Crippen LogP contribution is 2.70. The number of amides is 2. The van der Waals surface area contributed by atoms with Crippen molar-refractivity contribution in [1.82, 2.24) is 9.72 Å². The lowest BCUT2D eigenvalue weighted by Crippen LogP contribution is -2.77. The maximum absolute atomic E-state index is 13.0. The number of carbonyl (C=O) groups is 2. The van der Waals surface area contributed by atoms with Crippen molar-refractivity contribution in [2.45, 2.75) is 31.7 Å². The number of pyridine rings is 1. The molecule has 2 amide bonds. The summed E-state index contributed by atoms with van der Waals surface area (Å²) in [5, 5.41) is 6.07. The summed E-state index contributed by atoms with van der Waals surface area (Å²) in [4.78, 5) is 25.4. The zero-order valence-corrected chi connectivity index (χ0v) is 16.1.